The average Bonchev–Trinajstić information content (AvgIpc) is 3.10. The fourth-order valence-electron chi connectivity index (χ4n) is 2.99. The van der Waals surface area contributed by atoms with Crippen molar-refractivity contribution in [2.45, 2.75) is 13.5 Å². The van der Waals surface area contributed by atoms with E-state index >= 15 is 0 Å². The molecule has 1 N–H and O–H groups in total. The van der Waals surface area contributed by atoms with E-state index in [1.165, 1.54) is 17.7 Å². The summed E-state index contributed by atoms with van der Waals surface area (Å²) in [7, 11) is 1.62. The molecule has 0 saturated carbocycles. The molecule has 0 unspecified atom stereocenters. The number of methoxy groups -OCH3 is 1. The zero-order chi connectivity index (χ0) is 20.2. The lowest BCUT2D eigenvalue weighted by Crippen LogP contribution is -2.04. The second kappa shape index (κ2) is 8.28. The van der Waals surface area contributed by atoms with Crippen molar-refractivity contribution >= 4 is 39.0 Å². The number of nitrogens with zero attached hydrogens (tertiary/aromatic N) is 2. The van der Waals surface area contributed by atoms with E-state index in [2.05, 4.69) is 15.3 Å². The Kier molecular flexibility index (Phi) is 5.39. The van der Waals surface area contributed by atoms with Crippen LogP contribution in [-0.2, 0) is 11.3 Å². The van der Waals surface area contributed by atoms with Crippen molar-refractivity contribution in [1.29, 1.82) is 0 Å². The summed E-state index contributed by atoms with van der Waals surface area (Å²) in [5.41, 5.74) is 2.58. The second-order valence-electron chi connectivity index (χ2n) is 6.38. The number of anilines is 2. The summed E-state index contributed by atoms with van der Waals surface area (Å²) < 4.78 is 10.8. The molecule has 0 amide bonds. The summed E-state index contributed by atoms with van der Waals surface area (Å²) in [5.74, 6) is 1.02. The number of ether oxygens (including phenoxy) is 2. The van der Waals surface area contributed by atoms with Crippen LogP contribution in [0.3, 0.4) is 0 Å². The summed E-state index contributed by atoms with van der Waals surface area (Å²) in [4.78, 5) is 22.6. The molecule has 146 valence electrons. The number of hydrogen-bond donors (Lipinski definition) is 1. The van der Waals surface area contributed by atoms with Crippen LogP contribution >= 0.6 is 11.3 Å². The Bertz CT molecular complexity index is 1160. The third-order valence-corrected chi connectivity index (χ3v) is 5.64. The molecule has 0 aliphatic carbocycles. The van der Waals surface area contributed by atoms with Gasteiger partial charge < -0.3 is 14.8 Å². The summed E-state index contributed by atoms with van der Waals surface area (Å²) in [6.07, 6.45) is 1.49. The number of thiophene rings is 1. The standard InChI is InChI=1S/C22H19N3O3S/c1-14-18-20(25-16-9-6-10-17(11-16)27-2)23-13-24-21(18)29-19(14)22(26)28-12-15-7-4-3-5-8-15/h3-11,13H,12H2,1-2H3,(H,23,24,25). The number of aryl methyl sites for hydroxylation is 1. The first-order chi connectivity index (χ1) is 14.2. The van der Waals surface area contributed by atoms with Crippen LogP contribution in [0.4, 0.5) is 11.5 Å². The van der Waals surface area contributed by atoms with E-state index in [1.54, 1.807) is 7.11 Å². The Hall–Kier alpha value is -3.45. The summed E-state index contributed by atoms with van der Waals surface area (Å²) in [6, 6.07) is 17.2. The van der Waals surface area contributed by atoms with Gasteiger partial charge in [-0.25, -0.2) is 14.8 Å². The molecule has 0 radical (unpaired) electrons. The van der Waals surface area contributed by atoms with E-state index in [4.69, 9.17) is 9.47 Å². The third-order valence-electron chi connectivity index (χ3n) is 4.46. The monoisotopic (exact) mass is 405 g/mol. The van der Waals surface area contributed by atoms with Gasteiger partial charge >= 0.3 is 5.97 Å². The number of rotatable bonds is 6. The molecule has 0 saturated heterocycles. The van der Waals surface area contributed by atoms with E-state index in [9.17, 15) is 4.79 Å². The first-order valence-electron chi connectivity index (χ1n) is 9.02. The minimum Gasteiger partial charge on any atom is -0.497 e. The van der Waals surface area contributed by atoms with Crippen molar-refractivity contribution in [1.82, 2.24) is 9.97 Å². The van der Waals surface area contributed by atoms with Crippen LogP contribution in [0.15, 0.2) is 60.9 Å². The second-order valence-corrected chi connectivity index (χ2v) is 7.38. The number of carbonyl (C=O) groups is 1. The fourth-order valence-corrected chi connectivity index (χ4v) is 4.03. The Morgan fingerprint density at radius 2 is 1.93 bits per heavy atom. The third kappa shape index (κ3) is 4.05. The van der Waals surface area contributed by atoms with Gasteiger partial charge in [0.05, 0.1) is 12.5 Å². The highest BCUT2D eigenvalue weighted by atomic mass is 32.1. The highest BCUT2D eigenvalue weighted by Crippen LogP contribution is 2.35. The molecule has 2 aromatic carbocycles. The summed E-state index contributed by atoms with van der Waals surface area (Å²) in [6.45, 7) is 2.12. The molecule has 2 heterocycles. The predicted molar refractivity (Wildman–Crippen MR) is 114 cm³/mol. The molecule has 0 aliphatic heterocycles. The highest BCUT2D eigenvalue weighted by Gasteiger charge is 2.20. The van der Waals surface area contributed by atoms with E-state index < -0.39 is 0 Å². The normalized spacial score (nSPS) is 10.7. The number of nitrogens with one attached hydrogen (secondary N) is 1. The van der Waals surface area contributed by atoms with Gasteiger partial charge in [0.25, 0.3) is 0 Å². The lowest BCUT2D eigenvalue weighted by Gasteiger charge is -2.09. The number of fused-ring (bicyclic) bond motifs is 1. The van der Waals surface area contributed by atoms with Crippen molar-refractivity contribution in [3.63, 3.8) is 0 Å². The van der Waals surface area contributed by atoms with Crippen LogP contribution in [-0.4, -0.2) is 23.0 Å². The first-order valence-corrected chi connectivity index (χ1v) is 9.83. The number of benzene rings is 2. The van der Waals surface area contributed by atoms with Crippen LogP contribution in [0.2, 0.25) is 0 Å². The number of carbonyl (C=O) groups excluding carboxylic acids is 1. The number of aromatic nitrogens is 2. The number of esters is 1. The van der Waals surface area contributed by atoms with Gasteiger partial charge in [0.15, 0.2) is 0 Å². The fraction of sp³-hybridized carbons (Fsp3) is 0.136. The molecule has 4 rings (SSSR count). The molecule has 0 spiro atoms. The van der Waals surface area contributed by atoms with Crippen LogP contribution in [0.1, 0.15) is 20.8 Å². The maximum absolute atomic E-state index is 12.7. The first kappa shape index (κ1) is 18.9. The average molecular weight is 405 g/mol. The zero-order valence-electron chi connectivity index (χ0n) is 16.0. The van der Waals surface area contributed by atoms with Gasteiger partial charge in [-0.3, -0.25) is 0 Å². The van der Waals surface area contributed by atoms with E-state index in [0.717, 1.165) is 32.8 Å². The van der Waals surface area contributed by atoms with Gasteiger partial charge in [-0.1, -0.05) is 36.4 Å². The van der Waals surface area contributed by atoms with Gasteiger partial charge in [0.2, 0.25) is 0 Å². The smallest absolute Gasteiger partial charge is 0.349 e. The van der Waals surface area contributed by atoms with Gasteiger partial charge in [-0.05, 0) is 30.2 Å². The Morgan fingerprint density at radius 3 is 2.72 bits per heavy atom. The molecule has 0 aliphatic rings. The SMILES string of the molecule is COc1cccc(Nc2ncnc3sc(C(=O)OCc4ccccc4)c(C)c23)c1. The largest absolute Gasteiger partial charge is 0.497 e. The molecule has 6 nitrogen and oxygen atoms in total. The van der Waals surface area contributed by atoms with Crippen LogP contribution < -0.4 is 10.1 Å². The maximum Gasteiger partial charge on any atom is 0.349 e. The minimum absolute atomic E-state index is 0.230. The van der Waals surface area contributed by atoms with Crippen LogP contribution in [0.5, 0.6) is 5.75 Å². The zero-order valence-corrected chi connectivity index (χ0v) is 16.8. The molecule has 0 bridgehead atoms. The van der Waals surface area contributed by atoms with Gasteiger partial charge in [0, 0.05) is 11.8 Å². The summed E-state index contributed by atoms with van der Waals surface area (Å²) >= 11 is 1.31. The highest BCUT2D eigenvalue weighted by molar-refractivity contribution is 7.20. The predicted octanol–water partition coefficient (Wildman–Crippen LogP) is 5.11. The Morgan fingerprint density at radius 1 is 1.10 bits per heavy atom. The van der Waals surface area contributed by atoms with Crippen molar-refractivity contribution in [2.24, 2.45) is 0 Å². The van der Waals surface area contributed by atoms with E-state index in [1.807, 2.05) is 61.5 Å². The summed E-state index contributed by atoms with van der Waals surface area (Å²) in [5, 5.41) is 4.11. The Balaban J connectivity index is 1.61. The van der Waals surface area contributed by atoms with Crippen molar-refractivity contribution in [2.75, 3.05) is 12.4 Å². The van der Waals surface area contributed by atoms with Crippen LogP contribution in [0.25, 0.3) is 10.2 Å². The quantitative estimate of drug-likeness (QED) is 0.450. The maximum atomic E-state index is 12.7. The lowest BCUT2D eigenvalue weighted by atomic mass is 10.2. The minimum atomic E-state index is -0.360. The van der Waals surface area contributed by atoms with Crippen molar-refractivity contribution in [3.05, 3.63) is 76.9 Å². The number of hydrogen-bond acceptors (Lipinski definition) is 7. The Labute approximate surface area is 172 Å². The van der Waals surface area contributed by atoms with Gasteiger partial charge in [-0.2, -0.15) is 0 Å². The van der Waals surface area contributed by atoms with E-state index in [0.29, 0.717) is 10.7 Å². The molecule has 29 heavy (non-hydrogen) atoms. The van der Waals surface area contributed by atoms with Crippen molar-refractivity contribution < 1.29 is 14.3 Å². The molecule has 0 fully saturated rings. The van der Waals surface area contributed by atoms with Gasteiger partial charge in [0.1, 0.15) is 34.2 Å². The molecular formula is C22H19N3O3S. The van der Waals surface area contributed by atoms with Crippen molar-refractivity contribution in [3.8, 4) is 5.75 Å². The van der Waals surface area contributed by atoms with Crippen LogP contribution in [0, 0.1) is 6.92 Å². The molecule has 2 aromatic heterocycles. The molecule has 4 aromatic rings. The van der Waals surface area contributed by atoms with Gasteiger partial charge in [-0.15, -0.1) is 11.3 Å². The molecule has 0 atom stereocenters. The molecule has 7 heteroatoms. The lowest BCUT2D eigenvalue weighted by molar-refractivity contribution is 0.0478. The topological polar surface area (TPSA) is 73.3 Å². The van der Waals surface area contributed by atoms with E-state index in [-0.39, 0.29) is 12.6 Å². The molecular weight excluding hydrogens is 386 g/mol.